The van der Waals surface area contributed by atoms with Gasteiger partial charge in [0.05, 0.1) is 62.6 Å². The van der Waals surface area contributed by atoms with Gasteiger partial charge in [-0.2, -0.15) is 0 Å². The standard InChI is InChI=1S/C23H34N10O3S.C22H32N10O.C17H21ClN8O.C5H12N2/c1-16(2)15-33-21-18(27-23(33)31-5-4-6-32(8-7-31)37(3,34)35)20(30-9-11-36-12-10-30)28-19(29-21)17-13-25-22(24)26-14-17;1-15(2)14-32-20-17(27-22(32)31-6-3-4-24-5-7-31)19(30-8-10-33-11-9-30)28-18(29-20)16-12-25-21(23)26-13-16;1-10(2)9-26-15-12(22-16(26)18)14(25-3-5-27-6-4-25)23-13(24-15)11-7-20-17(19)21-8-11;1-2-6-4-5-7-3-1/h13-14,16H,4-12,15H2,1-3H3,(H2,24,25,26);12-13,15,24H,3-11,14H2,1-2H3,(H2,23,25,26);7-8,10H,3-6,9H2,1-2H3,(H2,19,20,21);6-7H,1-5H2. The number of nitrogens with two attached hydrogens (primary N) is 3. The molecule has 0 saturated carbocycles. The van der Waals surface area contributed by atoms with Crippen molar-refractivity contribution in [3.05, 3.63) is 42.5 Å². The lowest BCUT2D eigenvalue weighted by molar-refractivity contribution is 0.122. The number of aromatic nitrogens is 18. The highest BCUT2D eigenvalue weighted by Gasteiger charge is 2.32. The Bertz CT molecular complexity index is 4360. The van der Waals surface area contributed by atoms with Crippen molar-refractivity contribution < 1.29 is 22.6 Å². The van der Waals surface area contributed by atoms with Gasteiger partial charge >= 0.3 is 0 Å². The average Bonchev–Trinajstić information content (AvgIpc) is 0.934. The predicted octanol–water partition coefficient (Wildman–Crippen LogP) is 3.57. The lowest BCUT2D eigenvalue weighted by Gasteiger charge is -2.28. The van der Waals surface area contributed by atoms with Gasteiger partial charge in [0.1, 0.15) is 0 Å². The number of fused-ring (bicyclic) bond motifs is 3. The molecular weight excluding hydrogens is 1370 g/mol. The fourth-order valence-electron chi connectivity index (χ4n) is 13.0. The van der Waals surface area contributed by atoms with Crippen molar-refractivity contribution in [3.63, 3.8) is 0 Å². The molecule has 0 aliphatic carbocycles. The topological polar surface area (TPSA) is 404 Å². The highest BCUT2D eigenvalue weighted by Crippen LogP contribution is 2.36. The quantitative estimate of drug-likeness (QED) is 0.0799. The van der Waals surface area contributed by atoms with Crippen LogP contribution in [0.5, 0.6) is 0 Å². The second-order valence-electron chi connectivity index (χ2n) is 27.6. The third-order valence-electron chi connectivity index (χ3n) is 18.0. The molecule has 0 spiro atoms. The Morgan fingerprint density at radius 1 is 0.404 bits per heavy atom. The first-order valence-corrected chi connectivity index (χ1v) is 38.3. The van der Waals surface area contributed by atoms with E-state index in [2.05, 4.69) is 126 Å². The van der Waals surface area contributed by atoms with Gasteiger partial charge in [-0.1, -0.05) is 41.5 Å². The summed E-state index contributed by atoms with van der Waals surface area (Å²) in [6.45, 7) is 34.2. The average molecular weight is 1470 g/mol. The molecule has 104 heavy (non-hydrogen) atoms. The first-order valence-electron chi connectivity index (χ1n) is 36.1. The Labute approximate surface area is 611 Å². The highest BCUT2D eigenvalue weighted by atomic mass is 35.5. The normalized spacial score (nSPS) is 17.5. The Balaban J connectivity index is 0.000000141. The molecule has 9 aromatic rings. The Kier molecular flexibility index (Phi) is 25.1. The van der Waals surface area contributed by atoms with Crippen LogP contribution < -0.4 is 57.7 Å². The van der Waals surface area contributed by atoms with Crippen LogP contribution in [0.15, 0.2) is 37.2 Å². The van der Waals surface area contributed by atoms with Gasteiger partial charge in [0.15, 0.2) is 68.4 Å². The van der Waals surface area contributed by atoms with Crippen LogP contribution in [0.3, 0.4) is 0 Å². The summed E-state index contributed by atoms with van der Waals surface area (Å²) < 4.78 is 48.9. The van der Waals surface area contributed by atoms with Gasteiger partial charge in [0.25, 0.3) is 0 Å². The largest absolute Gasteiger partial charge is 0.378 e. The Morgan fingerprint density at radius 3 is 1.16 bits per heavy atom. The first kappa shape index (κ1) is 74.9. The van der Waals surface area contributed by atoms with E-state index < -0.39 is 10.0 Å². The van der Waals surface area contributed by atoms with Crippen LogP contribution in [-0.2, 0) is 43.9 Å². The molecule has 6 aliphatic heterocycles. The van der Waals surface area contributed by atoms with Gasteiger partial charge in [-0.25, -0.2) is 87.5 Å². The molecule has 0 unspecified atom stereocenters. The zero-order valence-electron chi connectivity index (χ0n) is 60.7. The summed E-state index contributed by atoms with van der Waals surface area (Å²) >= 11 is 6.44. The lowest BCUT2D eigenvalue weighted by Crippen LogP contribution is -2.37. The number of sulfonamides is 1. The van der Waals surface area contributed by atoms with Gasteiger partial charge in [-0.3, -0.25) is 13.7 Å². The minimum absolute atomic E-state index is 0.190. The zero-order valence-corrected chi connectivity index (χ0v) is 62.3. The number of ether oxygens (including phenoxy) is 3. The van der Waals surface area contributed by atoms with E-state index >= 15 is 0 Å². The number of hydrogen-bond donors (Lipinski definition) is 6. The van der Waals surface area contributed by atoms with Crippen molar-refractivity contribution in [3.8, 4) is 34.2 Å². The molecular formula is C67H99ClN30O5S. The van der Waals surface area contributed by atoms with Crippen LogP contribution >= 0.6 is 11.6 Å². The maximum absolute atomic E-state index is 12.2. The molecule has 560 valence electrons. The molecule has 37 heteroatoms. The molecule has 15 heterocycles. The summed E-state index contributed by atoms with van der Waals surface area (Å²) in [5.41, 5.74) is 23.7. The molecule has 6 fully saturated rings. The first-order chi connectivity index (χ1) is 50.3. The number of hydrogen-bond acceptors (Lipinski definition) is 31. The summed E-state index contributed by atoms with van der Waals surface area (Å²) in [4.78, 5) is 79.9. The third kappa shape index (κ3) is 18.7. The number of imidazole rings is 3. The summed E-state index contributed by atoms with van der Waals surface area (Å²) in [5, 5.41) is 10.5. The van der Waals surface area contributed by atoms with Crippen LogP contribution in [0.4, 0.5) is 47.2 Å². The van der Waals surface area contributed by atoms with Crippen molar-refractivity contribution in [2.75, 3.05) is 205 Å². The number of nitrogens with zero attached hydrogens (tertiary/aromatic N) is 24. The van der Waals surface area contributed by atoms with Crippen LogP contribution in [0.1, 0.15) is 60.8 Å². The molecule has 9 N–H and O–H groups in total. The molecule has 0 aromatic carbocycles. The van der Waals surface area contributed by atoms with E-state index in [0.29, 0.717) is 161 Å². The fourth-order valence-corrected chi connectivity index (χ4v) is 14.1. The number of rotatable bonds is 15. The van der Waals surface area contributed by atoms with Crippen molar-refractivity contribution >= 4 is 102 Å². The van der Waals surface area contributed by atoms with Crippen LogP contribution in [0, 0.1) is 17.8 Å². The SMILES string of the molecule is C1CNCCNC1.CC(C)Cn1c(Cl)nc2c(N3CCOCC3)nc(-c3cnc(N)nc3)nc21.CC(C)Cn1c(N2CCCN(S(C)(=O)=O)CC2)nc2c(N3CCOCC3)nc(-c3cnc(N)nc3)nc21.CC(C)Cn1c(N2CCCNCC2)nc2c(N3CCOCC3)nc(-c3cnc(N)nc3)nc21. The van der Waals surface area contributed by atoms with E-state index in [4.69, 9.17) is 82.9 Å². The van der Waals surface area contributed by atoms with Crippen molar-refractivity contribution in [2.45, 2.75) is 80.4 Å². The summed E-state index contributed by atoms with van der Waals surface area (Å²) in [5.74, 6) is 7.49. The number of halogens is 1. The molecule has 0 bridgehead atoms. The number of nitrogen functional groups attached to an aromatic ring is 3. The second kappa shape index (κ2) is 34.9. The molecule has 6 saturated heterocycles. The van der Waals surface area contributed by atoms with Gasteiger partial charge in [0.2, 0.25) is 45.0 Å². The van der Waals surface area contributed by atoms with E-state index in [9.17, 15) is 8.42 Å². The highest BCUT2D eigenvalue weighted by molar-refractivity contribution is 7.88. The summed E-state index contributed by atoms with van der Waals surface area (Å²) in [6.07, 6.45) is 14.2. The zero-order chi connectivity index (χ0) is 72.9. The molecule has 0 atom stereocenters. The van der Waals surface area contributed by atoms with Gasteiger partial charge < -0.3 is 71.9 Å². The van der Waals surface area contributed by atoms with Crippen molar-refractivity contribution in [2.24, 2.45) is 17.8 Å². The van der Waals surface area contributed by atoms with E-state index in [1.54, 1.807) is 41.5 Å². The molecule has 15 rings (SSSR count). The molecule has 0 radical (unpaired) electrons. The Morgan fingerprint density at radius 2 is 0.760 bits per heavy atom. The minimum atomic E-state index is -3.25. The maximum atomic E-state index is 12.2. The summed E-state index contributed by atoms with van der Waals surface area (Å²) in [7, 11) is -3.25. The molecule has 35 nitrogen and oxygen atoms in total. The minimum Gasteiger partial charge on any atom is -0.378 e. The number of morpholine rings is 3. The monoisotopic (exact) mass is 1470 g/mol. The summed E-state index contributed by atoms with van der Waals surface area (Å²) in [6, 6.07) is 0. The van der Waals surface area contributed by atoms with Gasteiger partial charge in [-0.15, -0.1) is 0 Å². The smallest absolute Gasteiger partial charge is 0.219 e. The number of nitrogens with one attached hydrogen (secondary N) is 3. The van der Waals surface area contributed by atoms with Crippen molar-refractivity contribution in [1.29, 1.82) is 0 Å². The molecule has 6 aliphatic rings. The maximum Gasteiger partial charge on any atom is 0.219 e. The Hall–Kier alpha value is -8.75. The van der Waals surface area contributed by atoms with Crippen LogP contribution in [0.25, 0.3) is 67.7 Å². The van der Waals surface area contributed by atoms with E-state index in [0.717, 1.165) is 136 Å². The van der Waals surface area contributed by atoms with Gasteiger partial charge in [-0.05, 0) is 68.3 Å². The van der Waals surface area contributed by atoms with Crippen LogP contribution in [0.2, 0.25) is 5.28 Å². The van der Waals surface area contributed by atoms with Gasteiger partial charge in [0, 0.05) is 155 Å². The van der Waals surface area contributed by atoms with E-state index in [1.165, 1.54) is 25.8 Å². The third-order valence-corrected chi connectivity index (χ3v) is 19.6. The van der Waals surface area contributed by atoms with E-state index in [-0.39, 0.29) is 17.8 Å². The second-order valence-corrected chi connectivity index (χ2v) is 29.9. The number of anilines is 8. The fraction of sp³-hybridized carbons (Fsp3) is 0.597. The van der Waals surface area contributed by atoms with Crippen LogP contribution in [-0.4, -0.2) is 265 Å². The molecule has 0 amide bonds. The predicted molar refractivity (Wildman–Crippen MR) is 404 cm³/mol. The molecule has 9 aromatic heterocycles. The van der Waals surface area contributed by atoms with E-state index in [1.807, 2.05) is 4.57 Å². The lowest BCUT2D eigenvalue weighted by atomic mass is 10.2. The van der Waals surface area contributed by atoms with Crippen molar-refractivity contribution in [1.82, 2.24) is 109 Å².